The van der Waals surface area contributed by atoms with E-state index in [2.05, 4.69) is 9.97 Å². The van der Waals surface area contributed by atoms with Crippen molar-refractivity contribution in [1.29, 1.82) is 0 Å². The lowest BCUT2D eigenvalue weighted by Crippen LogP contribution is -2.42. The molecule has 1 aromatic rings. The minimum Gasteiger partial charge on any atom is -0.480 e. The van der Waals surface area contributed by atoms with Crippen LogP contribution in [-0.4, -0.2) is 42.2 Å². The van der Waals surface area contributed by atoms with E-state index in [-0.39, 0.29) is 17.4 Å². The highest BCUT2D eigenvalue weighted by molar-refractivity contribution is 6.02. The average molecular weight is 266 g/mol. The molecule has 0 aliphatic carbocycles. The van der Waals surface area contributed by atoms with Gasteiger partial charge < -0.3 is 14.2 Å². The maximum absolute atomic E-state index is 12.6. The summed E-state index contributed by atoms with van der Waals surface area (Å²) in [6, 6.07) is 0. The summed E-state index contributed by atoms with van der Waals surface area (Å²) in [6.45, 7) is 2.38. The number of aromatic nitrogens is 2. The molecule has 0 radical (unpaired) electrons. The number of nitrogens with zero attached hydrogens (tertiary/aromatic N) is 2. The van der Waals surface area contributed by atoms with Gasteiger partial charge in [0.1, 0.15) is 5.60 Å². The Bertz CT molecular complexity index is 470. The van der Waals surface area contributed by atoms with Crippen LogP contribution in [0.15, 0.2) is 6.20 Å². The van der Waals surface area contributed by atoms with Crippen LogP contribution in [-0.2, 0) is 4.74 Å². The summed E-state index contributed by atoms with van der Waals surface area (Å²) in [5.74, 6) is 0.280. The number of ketones is 1. The smallest absolute Gasteiger partial charge is 0.246 e. The molecule has 0 amide bonds. The molecule has 1 aliphatic heterocycles. The van der Waals surface area contributed by atoms with Crippen LogP contribution >= 0.6 is 0 Å². The topological polar surface area (TPSA) is 70.5 Å². The van der Waals surface area contributed by atoms with Crippen LogP contribution in [0.5, 0.6) is 11.8 Å². The van der Waals surface area contributed by atoms with Gasteiger partial charge in [0, 0.05) is 6.61 Å². The maximum Gasteiger partial charge on any atom is 0.246 e. The number of carbonyl (C=O) groups excluding carboxylic acids is 1. The number of rotatable bonds is 4. The maximum atomic E-state index is 12.6. The van der Waals surface area contributed by atoms with Crippen molar-refractivity contribution in [2.75, 3.05) is 20.8 Å². The van der Waals surface area contributed by atoms with Crippen molar-refractivity contribution in [3.05, 3.63) is 11.9 Å². The highest BCUT2D eigenvalue weighted by Gasteiger charge is 2.39. The fourth-order valence-electron chi connectivity index (χ4n) is 2.12. The molecule has 6 heteroatoms. The van der Waals surface area contributed by atoms with Gasteiger partial charge in [0.15, 0.2) is 5.69 Å². The summed E-state index contributed by atoms with van der Waals surface area (Å²) < 4.78 is 15.7. The Morgan fingerprint density at radius 1 is 1.37 bits per heavy atom. The predicted octanol–water partition coefficient (Wildman–Crippen LogP) is 1.64. The van der Waals surface area contributed by atoms with E-state index < -0.39 is 5.60 Å². The second kappa shape index (κ2) is 5.52. The lowest BCUT2D eigenvalue weighted by molar-refractivity contribution is -0.0430. The highest BCUT2D eigenvalue weighted by Crippen LogP contribution is 2.30. The molecule has 0 saturated carbocycles. The fourth-order valence-corrected chi connectivity index (χ4v) is 2.12. The van der Waals surface area contributed by atoms with Crippen molar-refractivity contribution in [1.82, 2.24) is 9.97 Å². The minimum absolute atomic E-state index is 0.166. The third kappa shape index (κ3) is 2.68. The second-order valence-electron chi connectivity index (χ2n) is 4.64. The van der Waals surface area contributed by atoms with Crippen LogP contribution in [0.3, 0.4) is 0 Å². The number of carbonyl (C=O) groups is 1. The number of hydrogen-bond acceptors (Lipinski definition) is 6. The van der Waals surface area contributed by atoms with Crippen molar-refractivity contribution in [2.45, 2.75) is 31.8 Å². The zero-order valence-corrected chi connectivity index (χ0v) is 11.4. The molecular weight excluding hydrogens is 248 g/mol. The summed E-state index contributed by atoms with van der Waals surface area (Å²) in [7, 11) is 2.93. The van der Waals surface area contributed by atoms with Gasteiger partial charge in [-0.3, -0.25) is 4.79 Å². The van der Waals surface area contributed by atoms with Gasteiger partial charge in [0.2, 0.25) is 17.5 Å². The molecule has 1 saturated heterocycles. The molecule has 1 aromatic heterocycles. The quantitative estimate of drug-likeness (QED) is 0.771. The Hall–Kier alpha value is -1.69. The Balaban J connectivity index is 2.32. The summed E-state index contributed by atoms with van der Waals surface area (Å²) in [6.07, 6.45) is 4.03. The Labute approximate surface area is 112 Å². The zero-order valence-electron chi connectivity index (χ0n) is 11.4. The first-order chi connectivity index (χ1) is 9.10. The van der Waals surface area contributed by atoms with Crippen molar-refractivity contribution < 1.29 is 19.0 Å². The van der Waals surface area contributed by atoms with Crippen LogP contribution in [0.1, 0.15) is 36.7 Å². The molecule has 0 bridgehead atoms. The molecule has 0 N–H and O–H groups in total. The number of methoxy groups -OCH3 is 2. The summed E-state index contributed by atoms with van der Waals surface area (Å²) in [4.78, 5) is 20.7. The van der Waals surface area contributed by atoms with Gasteiger partial charge in [-0.25, -0.2) is 4.98 Å². The molecule has 2 rings (SSSR count). The van der Waals surface area contributed by atoms with Gasteiger partial charge >= 0.3 is 0 Å². The average Bonchev–Trinajstić information content (AvgIpc) is 2.46. The van der Waals surface area contributed by atoms with Crippen molar-refractivity contribution in [3.8, 4) is 11.8 Å². The van der Waals surface area contributed by atoms with Gasteiger partial charge in [-0.05, 0) is 26.2 Å². The zero-order chi connectivity index (χ0) is 13.9. The first-order valence-corrected chi connectivity index (χ1v) is 6.24. The van der Waals surface area contributed by atoms with E-state index in [9.17, 15) is 4.79 Å². The van der Waals surface area contributed by atoms with Crippen LogP contribution in [0.25, 0.3) is 0 Å². The van der Waals surface area contributed by atoms with Crippen molar-refractivity contribution in [2.24, 2.45) is 0 Å². The largest absolute Gasteiger partial charge is 0.480 e. The summed E-state index contributed by atoms with van der Waals surface area (Å²) in [5.41, 5.74) is -0.651. The van der Waals surface area contributed by atoms with E-state index in [0.717, 1.165) is 12.8 Å². The molecule has 1 atom stereocenters. The van der Waals surface area contributed by atoms with Crippen LogP contribution in [0, 0.1) is 0 Å². The van der Waals surface area contributed by atoms with Gasteiger partial charge in [0.05, 0.1) is 20.4 Å². The van der Waals surface area contributed by atoms with E-state index in [4.69, 9.17) is 14.2 Å². The van der Waals surface area contributed by atoms with Crippen molar-refractivity contribution >= 4 is 5.78 Å². The Morgan fingerprint density at radius 3 is 2.74 bits per heavy atom. The molecule has 2 heterocycles. The monoisotopic (exact) mass is 266 g/mol. The molecule has 6 nitrogen and oxygen atoms in total. The van der Waals surface area contributed by atoms with Gasteiger partial charge in [-0.15, -0.1) is 0 Å². The van der Waals surface area contributed by atoms with Crippen LogP contribution < -0.4 is 9.47 Å². The first-order valence-electron chi connectivity index (χ1n) is 6.24. The molecular formula is C13H18N2O4. The predicted molar refractivity (Wildman–Crippen MR) is 67.7 cm³/mol. The molecule has 1 aliphatic rings. The van der Waals surface area contributed by atoms with Gasteiger partial charge in [0.25, 0.3) is 0 Å². The van der Waals surface area contributed by atoms with E-state index in [1.54, 1.807) is 6.92 Å². The fraction of sp³-hybridized carbons (Fsp3) is 0.615. The normalized spacial score (nSPS) is 22.9. The highest BCUT2D eigenvalue weighted by atomic mass is 16.5. The Kier molecular flexibility index (Phi) is 3.99. The number of hydrogen-bond donors (Lipinski definition) is 0. The van der Waals surface area contributed by atoms with Crippen molar-refractivity contribution in [3.63, 3.8) is 0 Å². The minimum atomic E-state index is -0.838. The van der Waals surface area contributed by atoms with E-state index in [0.29, 0.717) is 18.9 Å². The summed E-state index contributed by atoms with van der Waals surface area (Å²) in [5, 5.41) is 0. The molecule has 19 heavy (non-hydrogen) atoms. The molecule has 1 unspecified atom stereocenters. The third-order valence-electron chi connectivity index (χ3n) is 3.29. The molecule has 0 spiro atoms. The van der Waals surface area contributed by atoms with E-state index in [1.807, 2.05) is 0 Å². The molecule has 0 aromatic carbocycles. The summed E-state index contributed by atoms with van der Waals surface area (Å²) >= 11 is 0. The second-order valence-corrected chi connectivity index (χ2v) is 4.64. The standard InChI is InChI=1S/C13H18N2O4/c1-13(6-4-5-7-19-13)11(16)10-12(18-3)15-9(17-2)8-14-10/h8H,4-7H2,1-3H3. The molecule has 1 fully saturated rings. The molecule has 104 valence electrons. The van der Waals surface area contributed by atoms with E-state index >= 15 is 0 Å². The number of Topliss-reactive ketones (excluding diaryl/α,β-unsaturated/α-hetero) is 1. The third-order valence-corrected chi connectivity index (χ3v) is 3.29. The SMILES string of the molecule is COc1cnc(C(=O)C2(C)CCCCO2)c(OC)n1. The van der Waals surface area contributed by atoms with Crippen LogP contribution in [0.2, 0.25) is 0 Å². The Morgan fingerprint density at radius 2 is 2.16 bits per heavy atom. The van der Waals surface area contributed by atoms with E-state index in [1.165, 1.54) is 20.4 Å². The lowest BCUT2D eigenvalue weighted by atomic mass is 9.90. The first kappa shape index (κ1) is 13.7. The van der Waals surface area contributed by atoms with Gasteiger partial charge in [-0.1, -0.05) is 0 Å². The lowest BCUT2D eigenvalue weighted by Gasteiger charge is -2.32. The van der Waals surface area contributed by atoms with Gasteiger partial charge in [-0.2, -0.15) is 4.98 Å². The van der Waals surface area contributed by atoms with Crippen LogP contribution in [0.4, 0.5) is 0 Å². The number of ether oxygens (including phenoxy) is 3.